The molecule has 0 aliphatic carbocycles. The second-order valence-corrected chi connectivity index (χ2v) is 6.89. The molecule has 106 valence electrons. The Bertz CT molecular complexity index is 505. The predicted molar refractivity (Wildman–Crippen MR) is 76.6 cm³/mol. The van der Waals surface area contributed by atoms with E-state index in [1.807, 2.05) is 26.0 Å². The Labute approximate surface area is 115 Å². The molecule has 5 heteroatoms. The molecule has 0 atom stereocenters. The first-order valence-electron chi connectivity index (χ1n) is 6.85. The number of nitrogens with zero attached hydrogens (tertiary/aromatic N) is 1. The number of benzene rings is 1. The van der Waals surface area contributed by atoms with E-state index in [0.29, 0.717) is 11.4 Å². The van der Waals surface area contributed by atoms with Gasteiger partial charge in [-0.05, 0) is 45.0 Å². The topological polar surface area (TPSA) is 49.4 Å². The molecule has 1 aliphatic rings. The van der Waals surface area contributed by atoms with Crippen molar-refractivity contribution in [1.82, 2.24) is 9.62 Å². The van der Waals surface area contributed by atoms with Crippen LogP contribution in [0.25, 0.3) is 0 Å². The second kappa shape index (κ2) is 6.03. The van der Waals surface area contributed by atoms with Crippen molar-refractivity contribution < 1.29 is 8.42 Å². The highest BCUT2D eigenvalue weighted by atomic mass is 32.2. The fourth-order valence-electron chi connectivity index (χ4n) is 2.56. The Morgan fingerprint density at radius 2 is 1.79 bits per heavy atom. The Morgan fingerprint density at radius 1 is 1.21 bits per heavy atom. The van der Waals surface area contributed by atoms with E-state index in [2.05, 4.69) is 5.32 Å². The monoisotopic (exact) mass is 282 g/mol. The van der Waals surface area contributed by atoms with E-state index < -0.39 is 10.0 Å². The quantitative estimate of drug-likeness (QED) is 0.915. The summed E-state index contributed by atoms with van der Waals surface area (Å²) in [4.78, 5) is 0.401. The smallest absolute Gasteiger partial charge is 0.243 e. The van der Waals surface area contributed by atoms with Crippen LogP contribution in [0.15, 0.2) is 29.2 Å². The first-order valence-corrected chi connectivity index (χ1v) is 8.29. The fourth-order valence-corrected chi connectivity index (χ4v) is 4.26. The summed E-state index contributed by atoms with van der Waals surface area (Å²) in [5.41, 5.74) is 1.07. The number of sulfonamides is 1. The number of hydrogen-bond acceptors (Lipinski definition) is 3. The molecule has 2 rings (SSSR count). The third-order valence-corrected chi connectivity index (χ3v) is 5.70. The van der Waals surface area contributed by atoms with Gasteiger partial charge in [0, 0.05) is 12.6 Å². The van der Waals surface area contributed by atoms with Crippen LogP contribution in [0.3, 0.4) is 0 Å². The van der Waals surface area contributed by atoms with Gasteiger partial charge >= 0.3 is 0 Å². The predicted octanol–water partition coefficient (Wildman–Crippen LogP) is 1.76. The summed E-state index contributed by atoms with van der Waals surface area (Å²) in [6, 6.07) is 7.23. The average Bonchev–Trinajstić information content (AvgIpc) is 2.41. The number of hydrogen-bond donors (Lipinski definition) is 1. The fraction of sp³-hybridized carbons (Fsp3) is 0.571. The molecular formula is C14H22N2O2S. The van der Waals surface area contributed by atoms with Gasteiger partial charge in [0.2, 0.25) is 10.0 Å². The maximum atomic E-state index is 12.7. The molecule has 1 N–H and O–H groups in total. The second-order valence-electron chi connectivity index (χ2n) is 5.00. The van der Waals surface area contributed by atoms with Crippen molar-refractivity contribution in [2.45, 2.75) is 37.6 Å². The van der Waals surface area contributed by atoms with Gasteiger partial charge in [-0.15, -0.1) is 0 Å². The first kappa shape index (κ1) is 14.5. The summed E-state index contributed by atoms with van der Waals surface area (Å²) in [7, 11) is -3.36. The molecule has 19 heavy (non-hydrogen) atoms. The van der Waals surface area contributed by atoms with Gasteiger partial charge in [0.15, 0.2) is 0 Å². The third-order valence-electron chi connectivity index (χ3n) is 3.66. The van der Waals surface area contributed by atoms with E-state index in [9.17, 15) is 8.42 Å². The van der Waals surface area contributed by atoms with Crippen LogP contribution in [0.1, 0.15) is 25.3 Å². The summed E-state index contributed by atoms with van der Waals surface area (Å²) >= 11 is 0. The average molecular weight is 282 g/mol. The van der Waals surface area contributed by atoms with E-state index in [1.165, 1.54) is 0 Å². The lowest BCUT2D eigenvalue weighted by Crippen LogP contribution is -2.45. The van der Waals surface area contributed by atoms with Crippen LogP contribution in [-0.4, -0.2) is 38.4 Å². The molecule has 1 aliphatic heterocycles. The van der Waals surface area contributed by atoms with Gasteiger partial charge in [0.1, 0.15) is 0 Å². The lowest BCUT2D eigenvalue weighted by atomic mass is 10.1. The zero-order valence-corrected chi connectivity index (χ0v) is 12.4. The molecule has 0 spiro atoms. The van der Waals surface area contributed by atoms with Crippen molar-refractivity contribution in [3.05, 3.63) is 29.8 Å². The number of rotatable bonds is 4. The molecule has 1 aromatic rings. The molecule has 1 saturated heterocycles. The normalized spacial score (nSPS) is 17.8. The lowest BCUT2D eigenvalue weighted by molar-refractivity contribution is 0.271. The number of nitrogens with one attached hydrogen (secondary N) is 1. The first-order chi connectivity index (χ1) is 9.05. The minimum Gasteiger partial charge on any atom is -0.317 e. The Morgan fingerprint density at radius 3 is 2.32 bits per heavy atom. The van der Waals surface area contributed by atoms with E-state index in [-0.39, 0.29) is 6.04 Å². The third kappa shape index (κ3) is 3.16. The largest absolute Gasteiger partial charge is 0.317 e. The van der Waals surface area contributed by atoms with Gasteiger partial charge in [-0.3, -0.25) is 0 Å². The summed E-state index contributed by atoms with van der Waals surface area (Å²) in [6.07, 6.45) is 1.78. The Balaban J connectivity index is 2.27. The van der Waals surface area contributed by atoms with E-state index in [4.69, 9.17) is 0 Å². The molecule has 0 saturated carbocycles. The number of piperidine rings is 1. The van der Waals surface area contributed by atoms with Crippen molar-refractivity contribution >= 4 is 10.0 Å². The van der Waals surface area contributed by atoms with Crippen LogP contribution in [0.2, 0.25) is 0 Å². The molecular weight excluding hydrogens is 260 g/mol. The molecule has 1 heterocycles. The molecule has 1 fully saturated rings. The van der Waals surface area contributed by atoms with Crippen molar-refractivity contribution in [3.8, 4) is 0 Å². The zero-order valence-electron chi connectivity index (χ0n) is 11.6. The van der Waals surface area contributed by atoms with Crippen molar-refractivity contribution in [3.63, 3.8) is 0 Å². The zero-order chi connectivity index (χ0) is 13.9. The van der Waals surface area contributed by atoms with Gasteiger partial charge < -0.3 is 5.32 Å². The van der Waals surface area contributed by atoms with Crippen molar-refractivity contribution in [1.29, 1.82) is 0 Å². The van der Waals surface area contributed by atoms with Crippen molar-refractivity contribution in [2.24, 2.45) is 0 Å². The lowest BCUT2D eigenvalue weighted by Gasteiger charge is -2.33. The number of aryl methyl sites for hydroxylation is 1. The minimum atomic E-state index is -3.36. The summed E-state index contributed by atoms with van der Waals surface area (Å²) in [6.45, 7) is 6.19. The van der Waals surface area contributed by atoms with Crippen LogP contribution in [-0.2, 0) is 10.0 Å². The van der Waals surface area contributed by atoms with Crippen molar-refractivity contribution in [2.75, 3.05) is 19.6 Å². The standard InChI is InChI=1S/C14H22N2O2S/c1-3-16(13-8-10-15-11-9-13)19(17,18)14-6-4-12(2)5-7-14/h4-7,13,15H,3,8-11H2,1-2H3. The van der Waals surface area contributed by atoms with Crippen LogP contribution in [0, 0.1) is 6.92 Å². The Kier molecular flexibility index (Phi) is 4.60. The van der Waals surface area contributed by atoms with Gasteiger partial charge in [-0.2, -0.15) is 4.31 Å². The minimum absolute atomic E-state index is 0.123. The Hall–Kier alpha value is -0.910. The molecule has 0 bridgehead atoms. The van der Waals surface area contributed by atoms with Crippen LogP contribution in [0.5, 0.6) is 0 Å². The van der Waals surface area contributed by atoms with Crippen LogP contribution >= 0.6 is 0 Å². The van der Waals surface area contributed by atoms with Gasteiger partial charge in [-0.25, -0.2) is 8.42 Å². The van der Waals surface area contributed by atoms with Gasteiger partial charge in [0.05, 0.1) is 4.90 Å². The highest BCUT2D eigenvalue weighted by Gasteiger charge is 2.30. The SMILES string of the molecule is CCN(C1CCNCC1)S(=O)(=O)c1ccc(C)cc1. The van der Waals surface area contributed by atoms with Crippen LogP contribution in [0.4, 0.5) is 0 Å². The molecule has 0 amide bonds. The van der Waals surface area contributed by atoms with E-state index >= 15 is 0 Å². The van der Waals surface area contributed by atoms with E-state index in [1.54, 1.807) is 16.4 Å². The maximum Gasteiger partial charge on any atom is 0.243 e. The summed E-state index contributed by atoms with van der Waals surface area (Å²) < 4.78 is 27.0. The van der Waals surface area contributed by atoms with Crippen LogP contribution < -0.4 is 5.32 Å². The maximum absolute atomic E-state index is 12.7. The van der Waals surface area contributed by atoms with E-state index in [0.717, 1.165) is 31.5 Å². The summed E-state index contributed by atoms with van der Waals surface area (Å²) in [5.74, 6) is 0. The molecule has 4 nitrogen and oxygen atoms in total. The van der Waals surface area contributed by atoms with Gasteiger partial charge in [0.25, 0.3) is 0 Å². The highest BCUT2D eigenvalue weighted by molar-refractivity contribution is 7.89. The molecule has 1 aromatic carbocycles. The molecule has 0 aromatic heterocycles. The highest BCUT2D eigenvalue weighted by Crippen LogP contribution is 2.22. The molecule has 0 unspecified atom stereocenters. The van der Waals surface area contributed by atoms with Gasteiger partial charge in [-0.1, -0.05) is 24.6 Å². The summed E-state index contributed by atoms with van der Waals surface area (Å²) in [5, 5.41) is 3.27. The molecule has 0 radical (unpaired) electrons.